The molecule has 0 saturated carbocycles. The van der Waals surface area contributed by atoms with E-state index in [1.807, 2.05) is 0 Å². The molecule has 1 amide bonds. The number of amides is 1. The molecule has 0 aromatic heterocycles. The Bertz CT molecular complexity index is 288. The lowest BCUT2D eigenvalue weighted by molar-refractivity contribution is 0.119. The minimum absolute atomic E-state index is 0.0230. The van der Waals surface area contributed by atoms with Crippen LogP contribution in [-0.4, -0.2) is 63.5 Å². The van der Waals surface area contributed by atoms with E-state index in [1.54, 1.807) is 0 Å². The first-order valence-corrected chi connectivity index (χ1v) is 5.92. The Labute approximate surface area is 89.1 Å². The van der Waals surface area contributed by atoms with E-state index in [2.05, 4.69) is 10.1 Å². The minimum Gasteiger partial charge on any atom is -0.447 e. The number of hydrogen-bond acceptors (Lipinski definition) is 5. The lowest BCUT2D eigenvalue weighted by Gasteiger charge is -2.11. The summed E-state index contributed by atoms with van der Waals surface area (Å²) in [4.78, 5) is 10.8. The predicted molar refractivity (Wildman–Crippen MR) is 53.9 cm³/mol. The monoisotopic (exact) mass is 240 g/mol. The van der Waals surface area contributed by atoms with Crippen LogP contribution in [0.25, 0.3) is 0 Å². The Morgan fingerprint density at radius 1 is 1.47 bits per heavy atom. The molecule has 0 unspecified atom stereocenters. The molecule has 0 aliphatic heterocycles. The molecule has 0 aromatic rings. The highest BCUT2D eigenvalue weighted by Crippen LogP contribution is 1.92. The zero-order valence-corrected chi connectivity index (χ0v) is 9.58. The number of carbonyl (C=O) groups excluding carboxylic acids is 1. The summed E-state index contributed by atoms with van der Waals surface area (Å²) in [7, 11) is -0.469. The van der Waals surface area contributed by atoms with Crippen molar-refractivity contribution in [3.63, 3.8) is 0 Å². The fourth-order valence-electron chi connectivity index (χ4n) is 0.654. The summed E-state index contributed by atoms with van der Waals surface area (Å²) in [6.45, 7) is -0.388. The highest BCUT2D eigenvalue weighted by molar-refractivity contribution is 7.89. The van der Waals surface area contributed by atoms with Crippen molar-refractivity contribution < 1.29 is 23.1 Å². The fraction of sp³-hybridized carbons (Fsp3) is 0.857. The lowest BCUT2D eigenvalue weighted by Crippen LogP contribution is -2.34. The molecule has 0 atom stereocenters. The van der Waals surface area contributed by atoms with Crippen LogP contribution in [0.3, 0.4) is 0 Å². The van der Waals surface area contributed by atoms with Gasteiger partial charge in [0.2, 0.25) is 10.0 Å². The van der Waals surface area contributed by atoms with Crippen molar-refractivity contribution in [3.05, 3.63) is 0 Å². The van der Waals surface area contributed by atoms with Crippen LogP contribution in [0.15, 0.2) is 0 Å². The van der Waals surface area contributed by atoms with Crippen molar-refractivity contribution >= 4 is 16.1 Å². The third-order valence-electron chi connectivity index (χ3n) is 1.51. The maximum absolute atomic E-state index is 11.2. The largest absolute Gasteiger partial charge is 0.447 e. The molecule has 0 radical (unpaired) electrons. The van der Waals surface area contributed by atoms with Gasteiger partial charge in [0.1, 0.15) is 6.61 Å². The van der Waals surface area contributed by atoms with Crippen molar-refractivity contribution in [2.75, 3.05) is 39.6 Å². The molecule has 2 N–H and O–H groups in total. The van der Waals surface area contributed by atoms with Gasteiger partial charge in [0.25, 0.3) is 0 Å². The number of aliphatic hydroxyl groups excluding tert-OH is 1. The molecule has 0 bridgehead atoms. The maximum Gasteiger partial charge on any atom is 0.407 e. The van der Waals surface area contributed by atoms with Crippen LogP contribution in [0, 0.1) is 0 Å². The Kier molecular flexibility index (Phi) is 6.21. The van der Waals surface area contributed by atoms with E-state index in [1.165, 1.54) is 14.1 Å². The van der Waals surface area contributed by atoms with Crippen molar-refractivity contribution in [1.82, 2.24) is 9.62 Å². The van der Waals surface area contributed by atoms with Crippen LogP contribution in [0.5, 0.6) is 0 Å². The molecular weight excluding hydrogens is 224 g/mol. The van der Waals surface area contributed by atoms with Crippen molar-refractivity contribution in [2.45, 2.75) is 0 Å². The van der Waals surface area contributed by atoms with E-state index < -0.39 is 16.1 Å². The van der Waals surface area contributed by atoms with Crippen molar-refractivity contribution in [3.8, 4) is 0 Å². The second-order valence-electron chi connectivity index (χ2n) is 2.88. The summed E-state index contributed by atoms with van der Waals surface area (Å²) in [5.74, 6) is -0.186. The van der Waals surface area contributed by atoms with Crippen LogP contribution >= 0.6 is 0 Å². The van der Waals surface area contributed by atoms with E-state index in [9.17, 15) is 13.2 Å². The maximum atomic E-state index is 11.2. The third-order valence-corrected chi connectivity index (χ3v) is 3.34. The first kappa shape index (κ1) is 14.1. The number of nitrogens with zero attached hydrogens (tertiary/aromatic N) is 1. The van der Waals surface area contributed by atoms with Crippen LogP contribution < -0.4 is 5.32 Å². The average molecular weight is 240 g/mol. The Morgan fingerprint density at radius 3 is 2.53 bits per heavy atom. The molecule has 0 rings (SSSR count). The van der Waals surface area contributed by atoms with Gasteiger partial charge in [0.15, 0.2) is 0 Å². The SMILES string of the molecule is CN(C)S(=O)(=O)CCNC(=O)OCCO. The summed E-state index contributed by atoms with van der Waals surface area (Å²) in [6.07, 6.45) is -0.738. The van der Waals surface area contributed by atoms with Gasteiger partial charge in [-0.3, -0.25) is 0 Å². The number of ether oxygens (including phenoxy) is 1. The highest BCUT2D eigenvalue weighted by Gasteiger charge is 2.13. The quantitative estimate of drug-likeness (QED) is 0.595. The number of carbonyl (C=O) groups is 1. The molecule has 90 valence electrons. The van der Waals surface area contributed by atoms with Crippen LogP contribution in [-0.2, 0) is 14.8 Å². The zero-order valence-electron chi connectivity index (χ0n) is 8.76. The minimum atomic E-state index is -3.30. The zero-order chi connectivity index (χ0) is 11.9. The van der Waals surface area contributed by atoms with Gasteiger partial charge in [-0.1, -0.05) is 0 Å². The molecule has 8 heteroatoms. The van der Waals surface area contributed by atoms with E-state index in [-0.39, 0.29) is 25.5 Å². The average Bonchev–Trinajstić information content (AvgIpc) is 2.14. The Hall–Kier alpha value is -0.860. The van der Waals surface area contributed by atoms with Gasteiger partial charge in [-0.2, -0.15) is 0 Å². The van der Waals surface area contributed by atoms with Crippen molar-refractivity contribution in [2.24, 2.45) is 0 Å². The van der Waals surface area contributed by atoms with Crippen LogP contribution in [0.1, 0.15) is 0 Å². The number of aliphatic hydroxyl groups is 1. The Balaban J connectivity index is 3.75. The van der Waals surface area contributed by atoms with Gasteiger partial charge in [0.05, 0.1) is 12.4 Å². The standard InChI is InChI=1S/C7H16N2O5S/c1-9(2)15(12,13)6-3-8-7(11)14-5-4-10/h10H,3-6H2,1-2H3,(H,8,11). The fourth-order valence-corrected chi connectivity index (χ4v) is 1.38. The molecular formula is C7H16N2O5S. The first-order chi connectivity index (χ1) is 6.90. The number of sulfonamides is 1. The molecule has 0 heterocycles. The number of hydrogen-bond donors (Lipinski definition) is 2. The normalized spacial score (nSPS) is 11.5. The van der Waals surface area contributed by atoms with Gasteiger partial charge in [-0.15, -0.1) is 0 Å². The summed E-state index contributed by atoms with van der Waals surface area (Å²) in [5, 5.41) is 10.6. The summed E-state index contributed by atoms with van der Waals surface area (Å²) >= 11 is 0. The van der Waals surface area contributed by atoms with Crippen molar-refractivity contribution in [1.29, 1.82) is 0 Å². The summed E-state index contributed by atoms with van der Waals surface area (Å²) in [5.41, 5.74) is 0. The van der Waals surface area contributed by atoms with Crippen LogP contribution in [0.2, 0.25) is 0 Å². The molecule has 0 saturated heterocycles. The highest BCUT2D eigenvalue weighted by atomic mass is 32.2. The second kappa shape index (κ2) is 6.59. The smallest absolute Gasteiger partial charge is 0.407 e. The van der Waals surface area contributed by atoms with Crippen LogP contribution in [0.4, 0.5) is 4.79 Å². The van der Waals surface area contributed by atoms with Gasteiger partial charge in [-0.05, 0) is 0 Å². The first-order valence-electron chi connectivity index (χ1n) is 4.32. The molecule has 0 spiro atoms. The molecule has 0 aliphatic rings. The number of rotatable bonds is 6. The number of nitrogens with one attached hydrogen (secondary N) is 1. The number of alkyl carbamates (subject to hydrolysis) is 1. The van der Waals surface area contributed by atoms with E-state index in [4.69, 9.17) is 5.11 Å². The Morgan fingerprint density at radius 2 is 2.07 bits per heavy atom. The lowest BCUT2D eigenvalue weighted by atomic mass is 10.7. The predicted octanol–water partition coefficient (Wildman–Crippen LogP) is -1.40. The molecule has 15 heavy (non-hydrogen) atoms. The molecule has 0 aromatic carbocycles. The van der Waals surface area contributed by atoms with E-state index in [0.29, 0.717) is 0 Å². The molecule has 0 fully saturated rings. The summed E-state index contributed by atoms with van der Waals surface area (Å²) < 4.78 is 28.0. The van der Waals surface area contributed by atoms with Gasteiger partial charge < -0.3 is 15.2 Å². The second-order valence-corrected chi connectivity index (χ2v) is 5.19. The topological polar surface area (TPSA) is 95.9 Å². The van der Waals surface area contributed by atoms with E-state index >= 15 is 0 Å². The van der Waals surface area contributed by atoms with Gasteiger partial charge >= 0.3 is 6.09 Å². The van der Waals surface area contributed by atoms with Gasteiger partial charge in [-0.25, -0.2) is 17.5 Å². The van der Waals surface area contributed by atoms with E-state index in [0.717, 1.165) is 4.31 Å². The van der Waals surface area contributed by atoms with Gasteiger partial charge in [0, 0.05) is 20.6 Å². The third kappa shape index (κ3) is 6.26. The summed E-state index contributed by atoms with van der Waals surface area (Å²) in [6, 6.07) is 0. The molecule has 7 nitrogen and oxygen atoms in total. The molecule has 0 aliphatic carbocycles.